The molecule has 1 heterocycles. The predicted octanol–water partition coefficient (Wildman–Crippen LogP) is 0.436. The van der Waals surface area contributed by atoms with Crippen molar-refractivity contribution in [2.75, 3.05) is 11.9 Å². The first kappa shape index (κ1) is 8.44. The Bertz CT molecular complexity index is 271. The number of aliphatic hydroxyl groups excluding tert-OH is 1. The minimum absolute atomic E-state index is 0.129. The molecule has 0 saturated heterocycles. The maximum absolute atomic E-state index is 9.15. The highest BCUT2D eigenvalue weighted by Gasteiger charge is 2.31. The molecule has 0 aromatic carbocycles. The zero-order valence-corrected chi connectivity index (χ0v) is 7.59. The molecule has 70 valence electrons. The zero-order valence-electron chi connectivity index (χ0n) is 7.59. The topological polar surface area (TPSA) is 49.2 Å². The van der Waals surface area contributed by atoms with Gasteiger partial charge in [-0.1, -0.05) is 0 Å². The summed E-state index contributed by atoms with van der Waals surface area (Å²) in [6.07, 6.45) is 4.99. The Balaban J connectivity index is 2.02. The average molecular weight is 179 g/mol. The molecule has 0 atom stereocenters. The van der Waals surface area contributed by atoms with E-state index in [4.69, 9.17) is 5.11 Å². The second-order valence-electron chi connectivity index (χ2n) is 3.44. The summed E-state index contributed by atoms with van der Waals surface area (Å²) in [5, 5.41) is 9.15. The summed E-state index contributed by atoms with van der Waals surface area (Å²) >= 11 is 0. The Hall–Kier alpha value is -1.16. The van der Waals surface area contributed by atoms with E-state index >= 15 is 0 Å². The molecule has 0 spiro atoms. The number of anilines is 1. The monoisotopic (exact) mass is 179 g/mol. The highest BCUT2D eigenvalue weighted by molar-refractivity contribution is 5.30. The number of hydrogen-bond donors (Lipinski definition) is 1. The fraction of sp³-hybridized carbons (Fsp3) is 0.556. The van der Waals surface area contributed by atoms with E-state index < -0.39 is 0 Å². The van der Waals surface area contributed by atoms with Gasteiger partial charge < -0.3 is 10.0 Å². The second kappa shape index (κ2) is 3.30. The van der Waals surface area contributed by atoms with Crippen LogP contribution in [0.5, 0.6) is 0 Å². The first-order chi connectivity index (χ1) is 6.27. The lowest BCUT2D eigenvalue weighted by atomic mass is 9.88. The van der Waals surface area contributed by atoms with Gasteiger partial charge >= 0.3 is 0 Å². The van der Waals surface area contributed by atoms with Crippen LogP contribution in [0.2, 0.25) is 0 Å². The standard InChI is InChI=1S/C9H13N3O/c1-12(7-5-8(13)6-7)9-10-3-2-4-11-9/h2-4,7-8,13H,5-6H2,1H3. The van der Waals surface area contributed by atoms with Crippen LogP contribution >= 0.6 is 0 Å². The molecule has 0 aliphatic heterocycles. The van der Waals surface area contributed by atoms with Crippen molar-refractivity contribution in [1.29, 1.82) is 0 Å². The van der Waals surface area contributed by atoms with Gasteiger partial charge in [0.15, 0.2) is 0 Å². The van der Waals surface area contributed by atoms with Crippen LogP contribution in [0.4, 0.5) is 5.95 Å². The third-order valence-electron chi connectivity index (χ3n) is 2.50. The number of hydrogen-bond acceptors (Lipinski definition) is 4. The van der Waals surface area contributed by atoms with E-state index in [1.165, 1.54) is 0 Å². The fourth-order valence-corrected chi connectivity index (χ4v) is 1.51. The quantitative estimate of drug-likeness (QED) is 0.715. The molecule has 1 aromatic rings. The van der Waals surface area contributed by atoms with Gasteiger partial charge in [0.25, 0.3) is 0 Å². The second-order valence-corrected chi connectivity index (χ2v) is 3.44. The molecule has 13 heavy (non-hydrogen) atoms. The molecule has 1 N–H and O–H groups in total. The highest BCUT2D eigenvalue weighted by Crippen LogP contribution is 2.26. The molecule has 1 aromatic heterocycles. The van der Waals surface area contributed by atoms with Crippen LogP contribution in [0.15, 0.2) is 18.5 Å². The number of aromatic nitrogens is 2. The summed E-state index contributed by atoms with van der Waals surface area (Å²) < 4.78 is 0. The maximum atomic E-state index is 9.15. The normalized spacial score (nSPS) is 26.6. The molecule has 0 unspecified atom stereocenters. The van der Waals surface area contributed by atoms with E-state index in [1.807, 2.05) is 11.9 Å². The van der Waals surface area contributed by atoms with E-state index in [1.54, 1.807) is 18.5 Å². The van der Waals surface area contributed by atoms with Crippen LogP contribution < -0.4 is 4.90 Å². The summed E-state index contributed by atoms with van der Waals surface area (Å²) in [7, 11) is 1.96. The summed E-state index contributed by atoms with van der Waals surface area (Å²) in [4.78, 5) is 10.3. The lowest BCUT2D eigenvalue weighted by Gasteiger charge is -2.38. The van der Waals surface area contributed by atoms with Gasteiger partial charge in [0.1, 0.15) is 0 Å². The molecule has 2 rings (SSSR count). The van der Waals surface area contributed by atoms with Crippen LogP contribution in [0.3, 0.4) is 0 Å². The van der Waals surface area contributed by atoms with Gasteiger partial charge in [0, 0.05) is 25.5 Å². The zero-order chi connectivity index (χ0) is 9.26. The van der Waals surface area contributed by atoms with Gasteiger partial charge in [-0.2, -0.15) is 0 Å². The molecule has 0 bridgehead atoms. The molecular weight excluding hydrogens is 166 g/mol. The van der Waals surface area contributed by atoms with Crippen molar-refractivity contribution in [2.45, 2.75) is 25.0 Å². The van der Waals surface area contributed by atoms with Gasteiger partial charge in [-0.15, -0.1) is 0 Å². The van der Waals surface area contributed by atoms with E-state index in [-0.39, 0.29) is 6.10 Å². The summed E-state index contributed by atoms with van der Waals surface area (Å²) in [5.74, 6) is 0.736. The van der Waals surface area contributed by atoms with E-state index in [2.05, 4.69) is 9.97 Å². The summed E-state index contributed by atoms with van der Waals surface area (Å²) in [5.41, 5.74) is 0. The number of nitrogens with zero attached hydrogens (tertiary/aromatic N) is 3. The first-order valence-corrected chi connectivity index (χ1v) is 4.45. The first-order valence-electron chi connectivity index (χ1n) is 4.45. The molecule has 4 heteroatoms. The van der Waals surface area contributed by atoms with Crippen LogP contribution in [0.25, 0.3) is 0 Å². The van der Waals surface area contributed by atoms with E-state index in [9.17, 15) is 0 Å². The van der Waals surface area contributed by atoms with Crippen LogP contribution in [-0.4, -0.2) is 34.3 Å². The summed E-state index contributed by atoms with van der Waals surface area (Å²) in [6.45, 7) is 0. The van der Waals surface area contributed by atoms with E-state index in [0.717, 1.165) is 18.8 Å². The lowest BCUT2D eigenvalue weighted by molar-refractivity contribution is 0.0746. The number of aliphatic hydroxyl groups is 1. The van der Waals surface area contributed by atoms with Crippen molar-refractivity contribution in [2.24, 2.45) is 0 Å². The van der Waals surface area contributed by atoms with Gasteiger partial charge in [0.05, 0.1) is 6.10 Å². The van der Waals surface area contributed by atoms with Crippen LogP contribution in [0, 0.1) is 0 Å². The molecule has 1 saturated carbocycles. The smallest absolute Gasteiger partial charge is 0.225 e. The third kappa shape index (κ3) is 1.62. The van der Waals surface area contributed by atoms with Gasteiger partial charge in [0.2, 0.25) is 5.95 Å². The van der Waals surface area contributed by atoms with Gasteiger partial charge in [-0.05, 0) is 18.9 Å². The Kier molecular flexibility index (Phi) is 2.14. The van der Waals surface area contributed by atoms with Crippen molar-refractivity contribution in [3.8, 4) is 0 Å². The third-order valence-corrected chi connectivity index (χ3v) is 2.50. The minimum Gasteiger partial charge on any atom is -0.393 e. The minimum atomic E-state index is -0.129. The molecular formula is C9H13N3O. The molecule has 0 amide bonds. The van der Waals surface area contributed by atoms with Crippen LogP contribution in [-0.2, 0) is 0 Å². The van der Waals surface area contributed by atoms with E-state index in [0.29, 0.717) is 6.04 Å². The predicted molar refractivity (Wildman–Crippen MR) is 49.5 cm³/mol. The molecule has 0 radical (unpaired) electrons. The van der Waals surface area contributed by atoms with Crippen molar-refractivity contribution in [3.63, 3.8) is 0 Å². The molecule has 1 aliphatic carbocycles. The average Bonchev–Trinajstić information content (AvgIpc) is 2.13. The highest BCUT2D eigenvalue weighted by atomic mass is 16.3. The molecule has 1 fully saturated rings. The Morgan fingerprint density at radius 1 is 1.38 bits per heavy atom. The van der Waals surface area contributed by atoms with Crippen LogP contribution in [0.1, 0.15) is 12.8 Å². The Morgan fingerprint density at radius 2 is 2.00 bits per heavy atom. The van der Waals surface area contributed by atoms with Gasteiger partial charge in [-0.3, -0.25) is 0 Å². The largest absolute Gasteiger partial charge is 0.393 e. The lowest BCUT2D eigenvalue weighted by Crippen LogP contribution is -2.45. The van der Waals surface area contributed by atoms with Crippen molar-refractivity contribution >= 4 is 5.95 Å². The van der Waals surface area contributed by atoms with Crippen molar-refractivity contribution < 1.29 is 5.11 Å². The summed E-state index contributed by atoms with van der Waals surface area (Å²) in [6, 6.07) is 2.20. The fourth-order valence-electron chi connectivity index (χ4n) is 1.51. The number of rotatable bonds is 2. The van der Waals surface area contributed by atoms with Gasteiger partial charge in [-0.25, -0.2) is 9.97 Å². The molecule has 4 nitrogen and oxygen atoms in total. The van der Waals surface area contributed by atoms with Crippen molar-refractivity contribution in [3.05, 3.63) is 18.5 Å². The van der Waals surface area contributed by atoms with Crippen molar-refractivity contribution in [1.82, 2.24) is 9.97 Å². The Labute approximate surface area is 77.2 Å². The SMILES string of the molecule is CN(c1ncccn1)C1CC(O)C1. The maximum Gasteiger partial charge on any atom is 0.225 e. The Morgan fingerprint density at radius 3 is 2.54 bits per heavy atom. The molecule has 1 aliphatic rings.